The molecule has 0 aliphatic rings. The molecule has 2 rings (SSSR count). The number of thioether (sulfide) groups is 1. The normalized spacial score (nSPS) is 10.2. The van der Waals surface area contributed by atoms with Crippen molar-refractivity contribution in [2.45, 2.75) is 18.2 Å². The van der Waals surface area contributed by atoms with Gasteiger partial charge in [-0.15, -0.1) is 0 Å². The largest absolute Gasteiger partial charge is 0.478 e. The number of hydrogen-bond donors (Lipinski definition) is 1. The Bertz CT molecular complexity index is 689. The molecule has 5 nitrogen and oxygen atoms in total. The van der Waals surface area contributed by atoms with Crippen molar-refractivity contribution >= 4 is 29.3 Å². The van der Waals surface area contributed by atoms with Gasteiger partial charge in [0.1, 0.15) is 16.1 Å². The fourth-order valence-corrected chi connectivity index (χ4v) is 2.48. The topological polar surface area (TPSA) is 78.9 Å². The third-order valence-electron chi connectivity index (χ3n) is 2.70. The van der Waals surface area contributed by atoms with Crippen molar-refractivity contribution in [2.24, 2.45) is 0 Å². The number of carboxylic acids is 1. The molecule has 0 saturated heterocycles. The number of aromatic carboxylic acids is 1. The molecule has 1 heterocycles. The molecule has 0 aliphatic carbocycles. The molecule has 0 bridgehead atoms. The van der Waals surface area contributed by atoms with Crippen molar-refractivity contribution in [3.05, 3.63) is 40.7 Å². The molecular formula is C13H10ClN3O2S. The maximum atomic E-state index is 11.2. The van der Waals surface area contributed by atoms with Gasteiger partial charge < -0.3 is 5.11 Å². The van der Waals surface area contributed by atoms with E-state index >= 15 is 0 Å². The number of rotatable bonds is 4. The van der Waals surface area contributed by atoms with Gasteiger partial charge in [0.25, 0.3) is 0 Å². The zero-order chi connectivity index (χ0) is 14.7. The van der Waals surface area contributed by atoms with Gasteiger partial charge in [0, 0.05) is 4.90 Å². The highest BCUT2D eigenvalue weighted by molar-refractivity contribution is 8.03. The van der Waals surface area contributed by atoms with E-state index in [9.17, 15) is 9.90 Å². The standard InChI is InChI=1S/C13H10ClN3O2S/c1-2-10-11(13(18)19)12(14)17(16-10)8-3-5-9(6-4-8)20-7-15/h3-6H,2H2,1H3,(H,18,19). The van der Waals surface area contributed by atoms with Crippen molar-refractivity contribution in [1.29, 1.82) is 5.26 Å². The number of hydrogen-bond acceptors (Lipinski definition) is 4. The van der Waals surface area contributed by atoms with Crippen molar-refractivity contribution in [3.63, 3.8) is 0 Å². The second-order valence-electron chi connectivity index (χ2n) is 3.87. The molecular weight excluding hydrogens is 298 g/mol. The van der Waals surface area contributed by atoms with Gasteiger partial charge in [-0.05, 0) is 42.4 Å². The number of carboxylic acid groups (broad SMARTS) is 1. The van der Waals surface area contributed by atoms with Crippen LogP contribution in [-0.4, -0.2) is 20.9 Å². The van der Waals surface area contributed by atoms with E-state index in [0.29, 0.717) is 17.8 Å². The summed E-state index contributed by atoms with van der Waals surface area (Å²) < 4.78 is 1.39. The number of benzene rings is 1. The lowest BCUT2D eigenvalue weighted by atomic mass is 10.2. The highest BCUT2D eigenvalue weighted by Gasteiger charge is 2.21. The quantitative estimate of drug-likeness (QED) is 0.692. The molecule has 0 unspecified atom stereocenters. The van der Waals surface area contributed by atoms with E-state index in [-0.39, 0.29) is 10.7 Å². The number of nitrogens with zero attached hydrogens (tertiary/aromatic N) is 3. The summed E-state index contributed by atoms with van der Waals surface area (Å²) in [7, 11) is 0. The maximum Gasteiger partial charge on any atom is 0.340 e. The zero-order valence-electron chi connectivity index (χ0n) is 10.5. The minimum Gasteiger partial charge on any atom is -0.478 e. The van der Waals surface area contributed by atoms with Crippen LogP contribution in [0.4, 0.5) is 0 Å². The number of thiocyanates is 1. The summed E-state index contributed by atoms with van der Waals surface area (Å²) in [5, 5.41) is 24.1. The molecule has 0 amide bonds. The molecule has 1 aromatic heterocycles. The van der Waals surface area contributed by atoms with Gasteiger partial charge in [-0.1, -0.05) is 18.5 Å². The Kier molecular flexibility index (Phi) is 4.32. The minimum absolute atomic E-state index is 0.0321. The molecule has 0 aliphatic heterocycles. The lowest BCUT2D eigenvalue weighted by molar-refractivity contribution is 0.0696. The molecule has 0 spiro atoms. The summed E-state index contributed by atoms with van der Waals surface area (Å²) in [6.45, 7) is 1.82. The second-order valence-corrected chi connectivity index (χ2v) is 5.09. The first-order valence-corrected chi connectivity index (χ1v) is 6.95. The van der Waals surface area contributed by atoms with E-state index < -0.39 is 5.97 Å². The Hall–Kier alpha value is -1.97. The first-order valence-electron chi connectivity index (χ1n) is 5.75. The van der Waals surface area contributed by atoms with E-state index in [4.69, 9.17) is 16.9 Å². The second kappa shape index (κ2) is 5.99. The van der Waals surface area contributed by atoms with E-state index in [2.05, 4.69) is 5.10 Å². The molecule has 0 saturated carbocycles. The number of halogens is 1. The van der Waals surface area contributed by atoms with Gasteiger partial charge >= 0.3 is 5.97 Å². The van der Waals surface area contributed by atoms with Crippen LogP contribution in [0.25, 0.3) is 5.69 Å². The Morgan fingerprint density at radius 3 is 2.60 bits per heavy atom. The Morgan fingerprint density at radius 1 is 1.50 bits per heavy atom. The van der Waals surface area contributed by atoms with Gasteiger partial charge in [0.2, 0.25) is 0 Å². The molecule has 1 aromatic carbocycles. The average Bonchev–Trinajstić information content (AvgIpc) is 2.77. The van der Waals surface area contributed by atoms with Gasteiger partial charge in [-0.25, -0.2) is 9.48 Å². The smallest absolute Gasteiger partial charge is 0.340 e. The van der Waals surface area contributed by atoms with Gasteiger partial charge in [0.15, 0.2) is 0 Å². The zero-order valence-corrected chi connectivity index (χ0v) is 12.1. The van der Waals surface area contributed by atoms with Crippen LogP contribution < -0.4 is 0 Å². The van der Waals surface area contributed by atoms with Gasteiger partial charge in [-0.2, -0.15) is 10.4 Å². The monoisotopic (exact) mass is 307 g/mol. The summed E-state index contributed by atoms with van der Waals surface area (Å²) >= 11 is 7.15. The number of aryl methyl sites for hydroxylation is 1. The molecule has 7 heteroatoms. The van der Waals surface area contributed by atoms with Crippen LogP contribution in [0.15, 0.2) is 29.2 Å². The maximum absolute atomic E-state index is 11.2. The summed E-state index contributed by atoms with van der Waals surface area (Å²) in [5.41, 5.74) is 1.13. The molecule has 0 radical (unpaired) electrons. The first-order chi connectivity index (χ1) is 9.58. The number of aromatic nitrogens is 2. The minimum atomic E-state index is -1.09. The SMILES string of the molecule is CCc1nn(-c2ccc(SC#N)cc2)c(Cl)c1C(=O)O. The van der Waals surface area contributed by atoms with Crippen LogP contribution in [0.3, 0.4) is 0 Å². The summed E-state index contributed by atoms with van der Waals surface area (Å²) in [5.74, 6) is -1.09. The molecule has 0 atom stereocenters. The summed E-state index contributed by atoms with van der Waals surface area (Å²) in [6, 6.07) is 6.99. The molecule has 102 valence electrons. The molecule has 0 fully saturated rings. The van der Waals surface area contributed by atoms with Crippen molar-refractivity contribution in [3.8, 4) is 11.1 Å². The fourth-order valence-electron chi connectivity index (χ4n) is 1.78. The van der Waals surface area contributed by atoms with E-state index in [1.54, 1.807) is 24.3 Å². The van der Waals surface area contributed by atoms with Crippen molar-refractivity contribution in [2.75, 3.05) is 0 Å². The summed E-state index contributed by atoms with van der Waals surface area (Å²) in [4.78, 5) is 12.0. The van der Waals surface area contributed by atoms with E-state index in [1.807, 2.05) is 12.3 Å². The Labute approximate surface area is 124 Å². The number of carbonyl (C=O) groups is 1. The van der Waals surface area contributed by atoms with Crippen molar-refractivity contribution in [1.82, 2.24) is 9.78 Å². The molecule has 1 N–H and O–H groups in total. The van der Waals surface area contributed by atoms with Crippen LogP contribution >= 0.6 is 23.4 Å². The predicted molar refractivity (Wildman–Crippen MR) is 76.4 cm³/mol. The highest BCUT2D eigenvalue weighted by atomic mass is 35.5. The lowest BCUT2D eigenvalue weighted by Crippen LogP contribution is -2.00. The van der Waals surface area contributed by atoms with Gasteiger partial charge in [0.05, 0.1) is 11.4 Å². The first kappa shape index (κ1) is 14.4. The Balaban J connectivity index is 2.48. The van der Waals surface area contributed by atoms with Crippen molar-refractivity contribution < 1.29 is 9.90 Å². The number of nitriles is 1. The van der Waals surface area contributed by atoms with Gasteiger partial charge in [-0.3, -0.25) is 0 Å². The predicted octanol–water partition coefficient (Wildman–Crippen LogP) is 3.36. The van der Waals surface area contributed by atoms with Crippen LogP contribution in [0.2, 0.25) is 5.15 Å². The summed E-state index contributed by atoms with van der Waals surface area (Å²) in [6.07, 6.45) is 0.483. The third kappa shape index (κ3) is 2.64. The highest BCUT2D eigenvalue weighted by Crippen LogP contribution is 2.25. The fraction of sp³-hybridized carbons (Fsp3) is 0.154. The average molecular weight is 308 g/mol. The van der Waals surface area contributed by atoms with E-state index in [0.717, 1.165) is 16.7 Å². The Morgan fingerprint density at radius 2 is 2.15 bits per heavy atom. The van der Waals surface area contributed by atoms with E-state index in [1.165, 1.54) is 4.68 Å². The molecule has 20 heavy (non-hydrogen) atoms. The molecule has 2 aromatic rings. The van der Waals surface area contributed by atoms with Crippen LogP contribution in [0.1, 0.15) is 23.0 Å². The van der Waals surface area contributed by atoms with Crippen LogP contribution in [-0.2, 0) is 6.42 Å². The third-order valence-corrected chi connectivity index (χ3v) is 3.64. The van der Waals surface area contributed by atoms with Crippen LogP contribution in [0, 0.1) is 10.7 Å². The lowest BCUT2D eigenvalue weighted by Gasteiger charge is -2.03. The van der Waals surface area contributed by atoms with Crippen LogP contribution in [0.5, 0.6) is 0 Å².